The van der Waals surface area contributed by atoms with Crippen LogP contribution in [0.5, 0.6) is 0 Å². The topological polar surface area (TPSA) is 40.5 Å². The summed E-state index contributed by atoms with van der Waals surface area (Å²) < 4.78 is 0. The van der Waals surface area contributed by atoms with Gasteiger partial charge in [-0.3, -0.25) is 0 Å². The van der Waals surface area contributed by atoms with Crippen LogP contribution >= 0.6 is 0 Å². The van der Waals surface area contributed by atoms with Crippen molar-refractivity contribution in [3.05, 3.63) is 0 Å². The third kappa shape index (κ3) is 0.704. The molecule has 14 heavy (non-hydrogen) atoms. The van der Waals surface area contributed by atoms with Crippen LogP contribution in [-0.2, 0) is 0 Å². The highest BCUT2D eigenvalue weighted by atomic mass is 16.4. The molecule has 4 unspecified atom stereocenters. The van der Waals surface area contributed by atoms with Gasteiger partial charge in [0.05, 0.1) is 11.2 Å². The van der Waals surface area contributed by atoms with Crippen LogP contribution in [0.4, 0.5) is 0 Å². The molecule has 2 aliphatic rings. The Morgan fingerprint density at radius 1 is 1.00 bits per heavy atom. The van der Waals surface area contributed by atoms with E-state index in [4.69, 9.17) is 0 Å². The van der Waals surface area contributed by atoms with E-state index in [1.54, 1.807) is 13.8 Å². The maximum absolute atomic E-state index is 10.6. The van der Waals surface area contributed by atoms with Crippen molar-refractivity contribution in [1.29, 1.82) is 0 Å². The van der Waals surface area contributed by atoms with Gasteiger partial charge in [0.1, 0.15) is 0 Å². The lowest BCUT2D eigenvalue weighted by Gasteiger charge is -2.47. The lowest BCUT2D eigenvalue weighted by Crippen LogP contribution is -2.58. The zero-order valence-corrected chi connectivity index (χ0v) is 9.89. The second-order valence-electron chi connectivity index (χ2n) is 6.36. The molecule has 0 aromatic heterocycles. The first-order valence-corrected chi connectivity index (χ1v) is 5.54. The van der Waals surface area contributed by atoms with Crippen molar-refractivity contribution < 1.29 is 10.2 Å². The van der Waals surface area contributed by atoms with Crippen molar-refractivity contribution in [2.24, 2.45) is 16.7 Å². The van der Waals surface area contributed by atoms with Gasteiger partial charge in [0.2, 0.25) is 0 Å². The normalized spacial score (nSPS) is 60.6. The van der Waals surface area contributed by atoms with Crippen molar-refractivity contribution in [1.82, 2.24) is 0 Å². The van der Waals surface area contributed by atoms with E-state index < -0.39 is 11.2 Å². The number of hydrogen-bond acceptors (Lipinski definition) is 2. The molecule has 0 radical (unpaired) electrons. The second kappa shape index (κ2) is 2.19. The van der Waals surface area contributed by atoms with Crippen LogP contribution in [-0.4, -0.2) is 21.4 Å². The molecular formula is C12H22O2. The minimum Gasteiger partial charge on any atom is -0.387 e. The molecule has 2 bridgehead atoms. The summed E-state index contributed by atoms with van der Waals surface area (Å²) in [4.78, 5) is 0. The van der Waals surface area contributed by atoms with Crippen LogP contribution in [0, 0.1) is 16.7 Å². The third-order valence-electron chi connectivity index (χ3n) is 5.96. The minimum atomic E-state index is -0.966. The van der Waals surface area contributed by atoms with Gasteiger partial charge in [0.15, 0.2) is 0 Å². The molecule has 0 amide bonds. The first-order chi connectivity index (χ1) is 6.09. The zero-order valence-electron chi connectivity index (χ0n) is 9.89. The van der Waals surface area contributed by atoms with Crippen molar-refractivity contribution in [3.8, 4) is 0 Å². The molecule has 0 spiro atoms. The Morgan fingerprint density at radius 2 is 1.50 bits per heavy atom. The molecule has 2 N–H and O–H groups in total. The summed E-state index contributed by atoms with van der Waals surface area (Å²) >= 11 is 0. The van der Waals surface area contributed by atoms with E-state index in [0.717, 1.165) is 12.8 Å². The SMILES string of the molecule is CC1(C)C2CCC1(C)C(C)(O)C2(C)O. The van der Waals surface area contributed by atoms with Gasteiger partial charge < -0.3 is 10.2 Å². The van der Waals surface area contributed by atoms with E-state index in [9.17, 15) is 10.2 Å². The Kier molecular flexibility index (Phi) is 1.64. The second-order valence-corrected chi connectivity index (χ2v) is 6.36. The van der Waals surface area contributed by atoms with E-state index in [1.807, 2.05) is 0 Å². The lowest BCUT2D eigenvalue weighted by molar-refractivity contribution is -0.186. The van der Waals surface area contributed by atoms with Crippen molar-refractivity contribution in [3.63, 3.8) is 0 Å². The summed E-state index contributed by atoms with van der Waals surface area (Å²) in [7, 11) is 0. The summed E-state index contributed by atoms with van der Waals surface area (Å²) in [5.74, 6) is 0.218. The molecule has 0 saturated heterocycles. The summed E-state index contributed by atoms with van der Waals surface area (Å²) in [6.45, 7) is 10.1. The van der Waals surface area contributed by atoms with E-state index in [0.29, 0.717) is 0 Å². The summed E-state index contributed by atoms with van der Waals surface area (Å²) in [5.41, 5.74) is -2.04. The molecule has 0 aliphatic heterocycles. The average Bonchev–Trinajstić information content (AvgIpc) is 2.26. The van der Waals surface area contributed by atoms with Gasteiger partial charge in [-0.15, -0.1) is 0 Å². The van der Waals surface area contributed by atoms with Crippen LogP contribution < -0.4 is 0 Å². The van der Waals surface area contributed by atoms with Crippen LogP contribution in [0.25, 0.3) is 0 Å². The smallest absolute Gasteiger partial charge is 0.0963 e. The average molecular weight is 198 g/mol. The Hall–Kier alpha value is -0.0800. The van der Waals surface area contributed by atoms with E-state index in [2.05, 4.69) is 20.8 Å². The quantitative estimate of drug-likeness (QED) is 0.624. The summed E-state index contributed by atoms with van der Waals surface area (Å²) in [6, 6.07) is 0. The fraction of sp³-hybridized carbons (Fsp3) is 1.00. The highest BCUT2D eigenvalue weighted by Gasteiger charge is 2.76. The van der Waals surface area contributed by atoms with Gasteiger partial charge >= 0.3 is 0 Å². The van der Waals surface area contributed by atoms with Gasteiger partial charge in [0.25, 0.3) is 0 Å². The summed E-state index contributed by atoms with van der Waals surface area (Å²) in [5, 5.41) is 21.0. The molecule has 2 rings (SSSR count). The molecular weight excluding hydrogens is 176 g/mol. The number of aliphatic hydroxyl groups is 2. The van der Waals surface area contributed by atoms with Crippen LogP contribution in [0.1, 0.15) is 47.5 Å². The Morgan fingerprint density at radius 3 is 1.71 bits per heavy atom. The Bertz CT molecular complexity index is 270. The number of hydrogen-bond donors (Lipinski definition) is 2. The molecule has 4 atom stereocenters. The van der Waals surface area contributed by atoms with E-state index >= 15 is 0 Å². The lowest BCUT2D eigenvalue weighted by atomic mass is 9.63. The first-order valence-electron chi connectivity index (χ1n) is 5.54. The standard InChI is InChI=1S/C12H22O2/c1-9(2)8-6-7-10(9,3)12(5,14)11(8,4)13/h8,13-14H,6-7H2,1-5H3. The molecule has 2 saturated carbocycles. The van der Waals surface area contributed by atoms with Gasteiger partial charge in [-0.1, -0.05) is 20.8 Å². The molecule has 82 valence electrons. The van der Waals surface area contributed by atoms with Crippen molar-refractivity contribution >= 4 is 0 Å². The fourth-order valence-electron chi connectivity index (χ4n) is 4.25. The maximum Gasteiger partial charge on any atom is 0.0963 e. The van der Waals surface area contributed by atoms with Gasteiger partial charge in [0, 0.05) is 5.41 Å². The zero-order chi connectivity index (χ0) is 11.0. The molecule has 2 nitrogen and oxygen atoms in total. The molecule has 0 heterocycles. The number of rotatable bonds is 0. The molecule has 2 aliphatic carbocycles. The first kappa shape index (κ1) is 10.4. The predicted molar refractivity (Wildman–Crippen MR) is 55.9 cm³/mol. The maximum atomic E-state index is 10.6. The van der Waals surface area contributed by atoms with Crippen LogP contribution in [0.3, 0.4) is 0 Å². The minimum absolute atomic E-state index is 0.0278. The largest absolute Gasteiger partial charge is 0.387 e. The van der Waals surface area contributed by atoms with Gasteiger partial charge in [-0.2, -0.15) is 0 Å². The predicted octanol–water partition coefficient (Wildman–Crippen LogP) is 1.94. The Labute approximate surface area is 86.3 Å². The number of fused-ring (bicyclic) bond motifs is 2. The summed E-state index contributed by atoms with van der Waals surface area (Å²) in [6.07, 6.45) is 2.06. The van der Waals surface area contributed by atoms with Gasteiger partial charge in [-0.25, -0.2) is 0 Å². The highest BCUT2D eigenvalue weighted by molar-refractivity contribution is 5.25. The van der Waals surface area contributed by atoms with Crippen molar-refractivity contribution in [2.45, 2.75) is 58.7 Å². The fourth-order valence-corrected chi connectivity index (χ4v) is 4.25. The third-order valence-corrected chi connectivity index (χ3v) is 5.96. The molecule has 2 heteroatoms. The van der Waals surface area contributed by atoms with E-state index in [-0.39, 0.29) is 16.7 Å². The highest BCUT2D eigenvalue weighted by Crippen LogP contribution is 2.72. The van der Waals surface area contributed by atoms with Crippen LogP contribution in [0.15, 0.2) is 0 Å². The molecule has 0 aromatic carbocycles. The van der Waals surface area contributed by atoms with Crippen molar-refractivity contribution in [2.75, 3.05) is 0 Å². The van der Waals surface area contributed by atoms with E-state index in [1.165, 1.54) is 0 Å². The van der Waals surface area contributed by atoms with Crippen LogP contribution in [0.2, 0.25) is 0 Å². The van der Waals surface area contributed by atoms with Gasteiger partial charge in [-0.05, 0) is 38.0 Å². The monoisotopic (exact) mass is 198 g/mol. The molecule has 2 fully saturated rings. The Balaban J connectivity index is 2.62. The molecule has 0 aromatic rings.